The molecule has 0 fully saturated rings. The molecule has 0 aliphatic carbocycles. The van der Waals surface area contributed by atoms with Crippen molar-refractivity contribution in [1.82, 2.24) is 9.97 Å². The number of anilines is 2. The van der Waals surface area contributed by atoms with E-state index in [1.807, 2.05) is 26.8 Å². The topological polar surface area (TPSA) is 37.8 Å². The van der Waals surface area contributed by atoms with Crippen molar-refractivity contribution in [3.8, 4) is 0 Å². The van der Waals surface area contributed by atoms with E-state index in [0.717, 1.165) is 5.56 Å². The van der Waals surface area contributed by atoms with E-state index in [1.54, 1.807) is 12.1 Å². The molecule has 0 radical (unpaired) electrons. The SMILES string of the molecule is Cc1ccc(Nc2cc(Br)nc(C(C)C)n2)c(F)c1. The van der Waals surface area contributed by atoms with E-state index in [2.05, 4.69) is 31.2 Å². The molecule has 1 aromatic carbocycles. The second kappa shape index (κ2) is 5.65. The predicted octanol–water partition coefficient (Wildman–Crippen LogP) is 4.55. The fourth-order valence-corrected chi connectivity index (χ4v) is 2.02. The highest BCUT2D eigenvalue weighted by molar-refractivity contribution is 9.10. The van der Waals surface area contributed by atoms with Gasteiger partial charge in [-0.3, -0.25) is 0 Å². The van der Waals surface area contributed by atoms with Crippen molar-refractivity contribution in [2.75, 3.05) is 5.32 Å². The number of aryl methyl sites for hydroxylation is 1. The molecule has 19 heavy (non-hydrogen) atoms. The average Bonchev–Trinajstić information content (AvgIpc) is 2.32. The number of hydrogen-bond acceptors (Lipinski definition) is 3. The summed E-state index contributed by atoms with van der Waals surface area (Å²) in [4.78, 5) is 8.66. The molecule has 2 rings (SSSR count). The molecular formula is C14H15BrFN3. The van der Waals surface area contributed by atoms with E-state index in [1.165, 1.54) is 6.07 Å². The minimum atomic E-state index is -0.291. The molecule has 0 atom stereocenters. The molecule has 1 aromatic heterocycles. The van der Waals surface area contributed by atoms with Crippen molar-refractivity contribution in [3.05, 3.63) is 46.1 Å². The van der Waals surface area contributed by atoms with Gasteiger partial charge in [0.25, 0.3) is 0 Å². The van der Waals surface area contributed by atoms with E-state index >= 15 is 0 Å². The number of nitrogens with zero attached hydrogens (tertiary/aromatic N) is 2. The van der Waals surface area contributed by atoms with E-state index in [4.69, 9.17) is 0 Å². The molecule has 0 aliphatic rings. The van der Waals surface area contributed by atoms with Crippen LogP contribution in [0.5, 0.6) is 0 Å². The van der Waals surface area contributed by atoms with Crippen LogP contribution in [-0.4, -0.2) is 9.97 Å². The molecule has 0 saturated heterocycles. The third-order valence-corrected chi connectivity index (χ3v) is 3.02. The van der Waals surface area contributed by atoms with Crippen molar-refractivity contribution in [3.63, 3.8) is 0 Å². The van der Waals surface area contributed by atoms with Crippen molar-refractivity contribution in [2.24, 2.45) is 0 Å². The first kappa shape index (κ1) is 13.9. The third kappa shape index (κ3) is 3.50. The van der Waals surface area contributed by atoms with Crippen LogP contribution in [0, 0.1) is 12.7 Å². The van der Waals surface area contributed by atoms with Crippen LogP contribution in [-0.2, 0) is 0 Å². The van der Waals surface area contributed by atoms with Crippen LogP contribution in [0.4, 0.5) is 15.9 Å². The lowest BCUT2D eigenvalue weighted by molar-refractivity contribution is 0.630. The summed E-state index contributed by atoms with van der Waals surface area (Å²) in [6.45, 7) is 5.88. The van der Waals surface area contributed by atoms with E-state index < -0.39 is 0 Å². The Labute approximate surface area is 120 Å². The van der Waals surface area contributed by atoms with Crippen LogP contribution in [0.25, 0.3) is 0 Å². The van der Waals surface area contributed by atoms with Gasteiger partial charge in [-0.05, 0) is 40.5 Å². The summed E-state index contributed by atoms with van der Waals surface area (Å²) in [6, 6.07) is 6.77. The van der Waals surface area contributed by atoms with Crippen LogP contribution in [0.15, 0.2) is 28.9 Å². The summed E-state index contributed by atoms with van der Waals surface area (Å²) in [5.74, 6) is 1.21. The van der Waals surface area contributed by atoms with Crippen molar-refractivity contribution in [2.45, 2.75) is 26.7 Å². The van der Waals surface area contributed by atoms with Gasteiger partial charge < -0.3 is 5.32 Å². The maximum absolute atomic E-state index is 13.8. The largest absolute Gasteiger partial charge is 0.338 e. The Morgan fingerprint density at radius 2 is 1.95 bits per heavy atom. The van der Waals surface area contributed by atoms with Gasteiger partial charge >= 0.3 is 0 Å². The third-order valence-electron chi connectivity index (χ3n) is 2.62. The molecule has 1 N–H and O–H groups in total. The summed E-state index contributed by atoms with van der Waals surface area (Å²) < 4.78 is 14.5. The van der Waals surface area contributed by atoms with Gasteiger partial charge in [-0.2, -0.15) is 0 Å². The summed E-state index contributed by atoms with van der Waals surface area (Å²) in [6.07, 6.45) is 0. The Morgan fingerprint density at radius 3 is 2.58 bits per heavy atom. The molecule has 0 unspecified atom stereocenters. The van der Waals surface area contributed by atoms with Gasteiger partial charge in [0.2, 0.25) is 0 Å². The molecule has 0 amide bonds. The summed E-state index contributed by atoms with van der Waals surface area (Å²) in [7, 11) is 0. The van der Waals surface area contributed by atoms with Crippen LogP contribution in [0.2, 0.25) is 0 Å². The van der Waals surface area contributed by atoms with Crippen LogP contribution < -0.4 is 5.32 Å². The van der Waals surface area contributed by atoms with E-state index in [0.29, 0.717) is 21.9 Å². The number of rotatable bonds is 3. The van der Waals surface area contributed by atoms with Crippen LogP contribution in [0.1, 0.15) is 31.2 Å². The molecular weight excluding hydrogens is 309 g/mol. The monoisotopic (exact) mass is 323 g/mol. The Kier molecular flexibility index (Phi) is 4.14. The van der Waals surface area contributed by atoms with Gasteiger partial charge in [-0.15, -0.1) is 0 Å². The number of nitrogens with one attached hydrogen (secondary N) is 1. The van der Waals surface area contributed by atoms with Gasteiger partial charge in [-0.25, -0.2) is 14.4 Å². The first-order valence-corrected chi connectivity index (χ1v) is 6.82. The quantitative estimate of drug-likeness (QED) is 0.842. The summed E-state index contributed by atoms with van der Waals surface area (Å²) in [5, 5.41) is 2.98. The number of halogens is 2. The summed E-state index contributed by atoms with van der Waals surface area (Å²) in [5.41, 5.74) is 1.29. The lowest BCUT2D eigenvalue weighted by atomic mass is 10.2. The van der Waals surface area contributed by atoms with Crippen molar-refractivity contribution in [1.29, 1.82) is 0 Å². The van der Waals surface area contributed by atoms with E-state index in [-0.39, 0.29) is 11.7 Å². The molecule has 0 saturated carbocycles. The number of hydrogen-bond donors (Lipinski definition) is 1. The zero-order valence-electron chi connectivity index (χ0n) is 11.0. The van der Waals surface area contributed by atoms with Crippen molar-refractivity contribution >= 4 is 27.4 Å². The smallest absolute Gasteiger partial charge is 0.146 e. The second-order valence-corrected chi connectivity index (χ2v) is 5.51. The molecule has 2 aromatic rings. The van der Waals surface area contributed by atoms with E-state index in [9.17, 15) is 4.39 Å². The zero-order valence-corrected chi connectivity index (χ0v) is 12.6. The lowest BCUT2D eigenvalue weighted by Crippen LogP contribution is -2.03. The number of aromatic nitrogens is 2. The molecule has 5 heteroatoms. The molecule has 1 heterocycles. The normalized spacial score (nSPS) is 10.8. The predicted molar refractivity (Wildman–Crippen MR) is 78.2 cm³/mol. The van der Waals surface area contributed by atoms with Gasteiger partial charge in [0.05, 0.1) is 5.69 Å². The highest BCUT2D eigenvalue weighted by atomic mass is 79.9. The minimum absolute atomic E-state index is 0.209. The molecule has 0 aliphatic heterocycles. The van der Waals surface area contributed by atoms with Crippen molar-refractivity contribution < 1.29 is 4.39 Å². The molecule has 0 bridgehead atoms. The Bertz CT molecular complexity index is 599. The van der Waals surface area contributed by atoms with Crippen LogP contribution in [0.3, 0.4) is 0 Å². The lowest BCUT2D eigenvalue weighted by Gasteiger charge is -2.10. The Hall–Kier alpha value is -1.49. The highest BCUT2D eigenvalue weighted by Gasteiger charge is 2.09. The minimum Gasteiger partial charge on any atom is -0.338 e. The molecule has 0 spiro atoms. The summed E-state index contributed by atoms with van der Waals surface area (Å²) >= 11 is 3.34. The first-order valence-electron chi connectivity index (χ1n) is 6.03. The average molecular weight is 324 g/mol. The van der Waals surface area contributed by atoms with Gasteiger partial charge in [0.1, 0.15) is 22.1 Å². The van der Waals surface area contributed by atoms with Gasteiger partial charge in [0, 0.05) is 12.0 Å². The van der Waals surface area contributed by atoms with Crippen LogP contribution >= 0.6 is 15.9 Å². The standard InChI is InChI=1S/C14H15BrFN3/c1-8(2)14-18-12(15)7-13(19-14)17-11-5-4-9(3)6-10(11)16/h4-8H,1-3H3,(H,17,18,19). The fraction of sp³-hybridized carbons (Fsp3) is 0.286. The Balaban J connectivity index is 2.32. The van der Waals surface area contributed by atoms with Gasteiger partial charge in [0.15, 0.2) is 0 Å². The highest BCUT2D eigenvalue weighted by Crippen LogP contribution is 2.23. The number of benzene rings is 1. The first-order chi connectivity index (χ1) is 8.95. The second-order valence-electron chi connectivity index (χ2n) is 4.70. The maximum Gasteiger partial charge on any atom is 0.146 e. The maximum atomic E-state index is 13.8. The molecule has 3 nitrogen and oxygen atoms in total. The molecule has 100 valence electrons. The van der Waals surface area contributed by atoms with Gasteiger partial charge in [-0.1, -0.05) is 19.9 Å². The zero-order chi connectivity index (χ0) is 14.0. The fourth-order valence-electron chi connectivity index (χ4n) is 1.62. The Morgan fingerprint density at radius 1 is 1.21 bits per heavy atom.